The summed E-state index contributed by atoms with van der Waals surface area (Å²) in [4.78, 5) is 24.1. The molecule has 1 N–H and O–H groups in total. The largest absolute Gasteiger partial charge is 0.345 e. The molecule has 1 heterocycles. The fourth-order valence-corrected chi connectivity index (χ4v) is 7.69. The van der Waals surface area contributed by atoms with E-state index in [0.717, 1.165) is 28.8 Å². The highest BCUT2D eigenvalue weighted by atomic mass is 31.2. The minimum atomic E-state index is -2.91. The number of rotatable bonds is 6. The van der Waals surface area contributed by atoms with Crippen molar-refractivity contribution in [1.29, 1.82) is 0 Å². The maximum Gasteiger partial charge on any atom is 0.169 e. The first-order valence-corrected chi connectivity index (χ1v) is 11.6. The van der Waals surface area contributed by atoms with Gasteiger partial charge >= 0.3 is 0 Å². The summed E-state index contributed by atoms with van der Waals surface area (Å²) in [5.74, 6) is 0. The molecule has 149 valence electrons. The third kappa shape index (κ3) is 3.66. The van der Waals surface area contributed by atoms with Crippen molar-refractivity contribution < 1.29 is 9.69 Å². The number of aldehydes is 1. The highest BCUT2D eigenvalue weighted by Crippen LogP contribution is 2.75. The Hall–Kier alpha value is -2.68. The molecule has 0 aliphatic carbocycles. The lowest BCUT2D eigenvalue weighted by atomic mass is 10.1. The van der Waals surface area contributed by atoms with E-state index in [0.29, 0.717) is 13.1 Å². The molecule has 1 radical (unpaired) electrons. The molecule has 0 aromatic heterocycles. The lowest BCUT2D eigenvalue weighted by Crippen LogP contribution is -2.29. The first-order valence-electron chi connectivity index (χ1n) is 9.92. The molecular weight excluding hydrogens is 379 g/mol. The summed E-state index contributed by atoms with van der Waals surface area (Å²) in [6.45, 7) is 3.47. The van der Waals surface area contributed by atoms with Gasteiger partial charge < -0.3 is 19.0 Å². The fourth-order valence-electron chi connectivity index (χ4n) is 4.11. The van der Waals surface area contributed by atoms with Crippen molar-refractivity contribution in [3.8, 4) is 0 Å². The molecule has 29 heavy (non-hydrogen) atoms. The van der Waals surface area contributed by atoms with Crippen LogP contribution in [0.5, 0.6) is 0 Å². The summed E-state index contributed by atoms with van der Waals surface area (Å²) in [5.41, 5.74) is 3.86. The predicted octanol–water partition coefficient (Wildman–Crippen LogP) is 5.41. The van der Waals surface area contributed by atoms with Crippen LogP contribution in [-0.2, 0) is 4.79 Å². The van der Waals surface area contributed by atoms with Gasteiger partial charge in [0.25, 0.3) is 0 Å². The van der Waals surface area contributed by atoms with Gasteiger partial charge in [-0.2, -0.15) is 0 Å². The fraction of sp³-hybridized carbons (Fsp3) is 0.208. The van der Waals surface area contributed by atoms with Gasteiger partial charge in [-0.25, -0.2) is 0 Å². The average Bonchev–Trinajstić information content (AvgIpc) is 3.12. The highest BCUT2D eigenvalue weighted by Gasteiger charge is 2.51. The Labute approximate surface area is 172 Å². The maximum absolute atomic E-state index is 12.4. The molecule has 4 rings (SSSR count). The van der Waals surface area contributed by atoms with E-state index < -0.39 is 7.79 Å². The van der Waals surface area contributed by atoms with E-state index in [1.807, 2.05) is 79.7 Å². The molecule has 1 fully saturated rings. The average molecular weight is 405 g/mol. The van der Waals surface area contributed by atoms with Gasteiger partial charge in [0.05, 0.1) is 5.66 Å². The molecule has 1 aliphatic heterocycles. The molecule has 0 amide bonds. The van der Waals surface area contributed by atoms with Crippen LogP contribution in [0.15, 0.2) is 84.9 Å². The molecule has 1 aliphatic rings. The third-order valence-electron chi connectivity index (χ3n) is 5.54. The first-order chi connectivity index (χ1) is 14.1. The Bertz CT molecular complexity index is 900. The normalized spacial score (nSPS) is 16.6. The number of hydrogen-bond acceptors (Lipinski definition) is 4. The van der Waals surface area contributed by atoms with Gasteiger partial charge in [-0.1, -0.05) is 66.2 Å². The molecule has 4 nitrogen and oxygen atoms in total. The quantitative estimate of drug-likeness (QED) is 0.440. The van der Waals surface area contributed by atoms with Crippen molar-refractivity contribution >= 4 is 25.5 Å². The zero-order valence-corrected chi connectivity index (χ0v) is 17.5. The van der Waals surface area contributed by atoms with E-state index in [2.05, 4.69) is 21.5 Å². The topological polar surface area (TPSA) is 43.8 Å². The van der Waals surface area contributed by atoms with Crippen molar-refractivity contribution in [2.45, 2.75) is 19.0 Å². The highest BCUT2D eigenvalue weighted by molar-refractivity contribution is 7.74. The van der Waals surface area contributed by atoms with Crippen LogP contribution in [0.3, 0.4) is 0 Å². The minimum Gasteiger partial charge on any atom is -0.345 e. The summed E-state index contributed by atoms with van der Waals surface area (Å²) < 4.78 is 4.27. The third-order valence-corrected chi connectivity index (χ3v) is 9.17. The second-order valence-electron chi connectivity index (χ2n) is 7.36. The Balaban J connectivity index is 1.86. The molecule has 3 aromatic carbocycles. The van der Waals surface area contributed by atoms with E-state index in [1.165, 1.54) is 0 Å². The van der Waals surface area contributed by atoms with E-state index in [9.17, 15) is 9.69 Å². The smallest absolute Gasteiger partial charge is 0.169 e. The Morgan fingerprint density at radius 3 is 1.79 bits per heavy atom. The van der Waals surface area contributed by atoms with Crippen LogP contribution in [0.1, 0.15) is 23.2 Å². The van der Waals surface area contributed by atoms with Gasteiger partial charge in [0.1, 0.15) is 6.29 Å². The summed E-state index contributed by atoms with van der Waals surface area (Å²) >= 11 is 0. The zero-order valence-electron chi connectivity index (χ0n) is 16.6. The molecule has 1 unspecified atom stereocenters. The van der Waals surface area contributed by atoms with Gasteiger partial charge in [0.15, 0.2) is 7.79 Å². The molecular formula is C24H26N2O2P. The number of nitrogens with zero attached hydrogens (tertiary/aromatic N) is 2. The van der Waals surface area contributed by atoms with Crippen LogP contribution in [0.25, 0.3) is 0 Å². The number of hydrogen-bond donors (Lipinski definition) is 1. The number of anilines is 2. The van der Waals surface area contributed by atoms with Crippen LogP contribution in [-0.4, -0.2) is 24.3 Å². The van der Waals surface area contributed by atoms with E-state index in [-0.39, 0.29) is 12.1 Å². The van der Waals surface area contributed by atoms with Crippen molar-refractivity contribution in [2.75, 3.05) is 22.4 Å². The molecule has 3 aromatic rings. The summed E-state index contributed by atoms with van der Waals surface area (Å²) in [6, 6.07) is 28.3. The van der Waals surface area contributed by atoms with Gasteiger partial charge in [-0.05, 0) is 36.8 Å². The van der Waals surface area contributed by atoms with Crippen molar-refractivity contribution in [3.63, 3.8) is 0 Å². The maximum atomic E-state index is 12.4. The Morgan fingerprint density at radius 2 is 1.34 bits per heavy atom. The second kappa shape index (κ2) is 8.36. The number of aryl methyl sites for hydroxylation is 1. The van der Waals surface area contributed by atoms with Crippen LogP contribution in [0.4, 0.5) is 11.4 Å². The van der Waals surface area contributed by atoms with Crippen LogP contribution < -0.4 is 9.34 Å². The van der Waals surface area contributed by atoms with Gasteiger partial charge in [0, 0.05) is 30.9 Å². The van der Waals surface area contributed by atoms with Crippen molar-refractivity contribution in [1.82, 2.24) is 0 Å². The molecule has 5 heteroatoms. The van der Waals surface area contributed by atoms with E-state index in [4.69, 9.17) is 0 Å². The minimum absolute atomic E-state index is 0.278. The molecule has 0 saturated carbocycles. The monoisotopic (exact) mass is 405 g/mol. The van der Waals surface area contributed by atoms with Gasteiger partial charge in [-0.3, -0.25) is 0 Å². The van der Waals surface area contributed by atoms with E-state index in [1.54, 1.807) is 0 Å². The number of benzene rings is 3. The lowest BCUT2D eigenvalue weighted by Gasteiger charge is -2.47. The predicted molar refractivity (Wildman–Crippen MR) is 121 cm³/mol. The first kappa shape index (κ1) is 19.6. The summed E-state index contributed by atoms with van der Waals surface area (Å²) in [5, 5.41) is 0. The SMILES string of the molecule is Cc1ccc(C(CC=O)[P]2(O)N(c3ccccc3)CCN2c2ccccc2)cc1. The molecule has 0 bridgehead atoms. The molecule has 1 saturated heterocycles. The number of carbonyl (C=O) groups excluding carboxylic acids is 1. The summed E-state index contributed by atoms with van der Waals surface area (Å²) in [6.07, 6.45) is 1.22. The number of carbonyl (C=O) groups is 1. The standard InChI is InChI=1S/C24H26N2O2P/c1-20-12-14-21(15-13-20)24(16-19-27)29(28)25(22-8-4-2-5-9-22)17-18-26(29)23-10-6-3-7-11-23/h2-15,19,24,28H,16-18H2,1H3. The lowest BCUT2D eigenvalue weighted by molar-refractivity contribution is -0.107. The molecule has 1 atom stereocenters. The zero-order chi connectivity index (χ0) is 20.3. The van der Waals surface area contributed by atoms with E-state index >= 15 is 0 Å². The van der Waals surface area contributed by atoms with Crippen LogP contribution in [0, 0.1) is 6.92 Å². The Morgan fingerprint density at radius 1 is 0.862 bits per heavy atom. The second-order valence-corrected chi connectivity index (χ2v) is 10.2. The Kier molecular flexibility index (Phi) is 5.66. The van der Waals surface area contributed by atoms with Gasteiger partial charge in [-0.15, -0.1) is 0 Å². The van der Waals surface area contributed by atoms with Crippen molar-refractivity contribution in [3.05, 3.63) is 96.1 Å². The van der Waals surface area contributed by atoms with Crippen LogP contribution >= 0.6 is 7.79 Å². The summed E-state index contributed by atoms with van der Waals surface area (Å²) in [7, 11) is -2.91. The number of para-hydroxylation sites is 2. The van der Waals surface area contributed by atoms with Crippen LogP contribution in [0.2, 0.25) is 0 Å². The molecule has 0 spiro atoms. The van der Waals surface area contributed by atoms with Gasteiger partial charge in [0.2, 0.25) is 0 Å². The van der Waals surface area contributed by atoms with Crippen molar-refractivity contribution in [2.24, 2.45) is 0 Å².